The van der Waals surface area contributed by atoms with E-state index in [4.69, 9.17) is 34.3 Å². The predicted octanol–water partition coefficient (Wildman–Crippen LogP) is 6.70. The van der Waals surface area contributed by atoms with Crippen LogP contribution in [0.3, 0.4) is 0 Å². The van der Waals surface area contributed by atoms with Crippen LogP contribution in [0, 0.1) is 59.2 Å². The van der Waals surface area contributed by atoms with Crippen LogP contribution in [0.1, 0.15) is 116 Å². The Bertz CT molecular complexity index is 1400. The molecule has 306 valence electrons. The minimum Gasteiger partial charge on any atom is -0.478 e. The number of aliphatic hydroxyl groups excluding tert-OH is 1. The van der Waals surface area contributed by atoms with Gasteiger partial charge in [0.25, 0.3) is 0 Å². The molecule has 10 saturated carbocycles. The summed E-state index contributed by atoms with van der Waals surface area (Å²) in [5.74, 6) is 4.98. The molecule has 4 unspecified atom stereocenters. The molecule has 11 fully saturated rings. The lowest BCUT2D eigenvalue weighted by Gasteiger charge is -2.60. The Labute approximate surface area is 326 Å². The van der Waals surface area contributed by atoms with Gasteiger partial charge in [0.2, 0.25) is 0 Å². The second-order valence-electron chi connectivity index (χ2n) is 18.6. The van der Waals surface area contributed by atoms with Crippen LogP contribution in [0.4, 0.5) is 0 Å². The van der Waals surface area contributed by atoms with Crippen LogP contribution in [-0.4, -0.2) is 76.5 Å². The molecule has 0 aromatic carbocycles. The fraction of sp³-hybridized carbons (Fsp3) is 0.773. The standard InChI is InChI=1S/C18H28O3.C14H20O4.C8H10O2.C4H6O2/c1-3-17(19)21-18(6-4-5-7-20-2)15-9-13-8-14(11-15)12-16(18)10-13;1-8(12(15)16)13(17)18-14-5-9-2-10(6-14)4-11(3-9)7-14;9-8-6-3-4-1-2-5(6)7(4)10-8;1-3(2)4(5)6/h3,13-16H,1,4-12H2,2H3;9-12,15-16H,1-7H2;4-7H,1-3H2;1H2,2H3,(H,5,6). The molecular formula is C44H64O11. The van der Waals surface area contributed by atoms with E-state index >= 15 is 0 Å². The highest BCUT2D eigenvalue weighted by Crippen LogP contribution is 2.61. The number of hydrogen-bond acceptors (Lipinski definition) is 10. The minimum absolute atomic E-state index is 0.0888. The normalized spacial score (nSPS) is 39.8. The topological polar surface area (TPSA) is 166 Å². The van der Waals surface area contributed by atoms with Gasteiger partial charge in [-0.3, -0.25) is 4.79 Å². The summed E-state index contributed by atoms with van der Waals surface area (Å²) >= 11 is 0. The molecule has 4 atom stereocenters. The largest absolute Gasteiger partial charge is 0.478 e. The molecule has 10 aliphatic carbocycles. The number of methoxy groups -OCH3 is 1. The third-order valence-electron chi connectivity index (χ3n) is 14.8. The number of aliphatic hydroxyl groups is 2. The molecular weight excluding hydrogens is 704 g/mol. The number of hydrogen-bond donors (Lipinski definition) is 3. The molecule has 0 spiro atoms. The fourth-order valence-corrected chi connectivity index (χ4v) is 13.0. The van der Waals surface area contributed by atoms with Crippen LogP contribution in [-0.2, 0) is 38.1 Å². The number of carboxylic acids is 1. The lowest BCUT2D eigenvalue weighted by Crippen LogP contribution is -2.59. The van der Waals surface area contributed by atoms with Gasteiger partial charge in [-0.2, -0.15) is 0 Å². The summed E-state index contributed by atoms with van der Waals surface area (Å²) in [6.45, 7) is 12.4. The first-order valence-corrected chi connectivity index (χ1v) is 20.9. The average molecular weight is 769 g/mol. The monoisotopic (exact) mass is 768 g/mol. The Morgan fingerprint density at radius 2 is 1.40 bits per heavy atom. The van der Waals surface area contributed by atoms with E-state index in [1.54, 1.807) is 7.11 Å². The maximum atomic E-state index is 11.9. The van der Waals surface area contributed by atoms with Gasteiger partial charge in [-0.05, 0) is 163 Å². The van der Waals surface area contributed by atoms with Gasteiger partial charge in [0.15, 0.2) is 6.29 Å². The van der Waals surface area contributed by atoms with Gasteiger partial charge in [-0.15, -0.1) is 0 Å². The van der Waals surface area contributed by atoms with Gasteiger partial charge in [-0.25, -0.2) is 14.4 Å². The number of carboxylic acid groups (broad SMARTS) is 1. The van der Waals surface area contributed by atoms with Crippen molar-refractivity contribution in [1.82, 2.24) is 0 Å². The summed E-state index contributed by atoms with van der Waals surface area (Å²) < 4.78 is 22.0. The molecule has 1 saturated heterocycles. The summed E-state index contributed by atoms with van der Waals surface area (Å²) in [7, 11) is 1.75. The number of aliphatic carboxylic acids is 1. The van der Waals surface area contributed by atoms with Gasteiger partial charge in [0.1, 0.15) is 17.3 Å². The van der Waals surface area contributed by atoms with E-state index in [0.29, 0.717) is 47.5 Å². The number of carbonyl (C=O) groups excluding carboxylic acids is 3. The van der Waals surface area contributed by atoms with Crippen molar-refractivity contribution in [3.63, 3.8) is 0 Å². The van der Waals surface area contributed by atoms with Crippen molar-refractivity contribution in [2.24, 2.45) is 59.2 Å². The van der Waals surface area contributed by atoms with Crippen LogP contribution in [0.5, 0.6) is 0 Å². The van der Waals surface area contributed by atoms with Gasteiger partial charge in [0.05, 0.1) is 11.5 Å². The maximum absolute atomic E-state index is 11.9. The van der Waals surface area contributed by atoms with Crippen molar-refractivity contribution in [2.75, 3.05) is 13.7 Å². The van der Waals surface area contributed by atoms with E-state index in [2.05, 4.69) is 19.7 Å². The van der Waals surface area contributed by atoms with E-state index in [1.807, 2.05) is 0 Å². The van der Waals surface area contributed by atoms with E-state index in [0.717, 1.165) is 69.3 Å². The number of ether oxygens (including phenoxy) is 4. The third kappa shape index (κ3) is 9.09. The zero-order valence-corrected chi connectivity index (χ0v) is 33.0. The van der Waals surface area contributed by atoms with Crippen LogP contribution >= 0.6 is 0 Å². The quantitative estimate of drug-likeness (QED) is 0.0674. The molecule has 11 aliphatic rings. The van der Waals surface area contributed by atoms with Crippen molar-refractivity contribution in [3.05, 3.63) is 37.0 Å². The molecule has 1 aliphatic heterocycles. The lowest BCUT2D eigenvalue weighted by atomic mass is 9.49. The molecule has 0 aromatic heterocycles. The number of unbranched alkanes of at least 4 members (excludes halogenated alkanes) is 1. The van der Waals surface area contributed by atoms with E-state index in [9.17, 15) is 19.2 Å². The summed E-state index contributed by atoms with van der Waals surface area (Å²) in [5, 5.41) is 25.8. The van der Waals surface area contributed by atoms with Crippen LogP contribution in [0.25, 0.3) is 0 Å². The Morgan fingerprint density at radius 1 is 0.855 bits per heavy atom. The highest BCUT2D eigenvalue weighted by Gasteiger charge is 2.60. The van der Waals surface area contributed by atoms with Crippen molar-refractivity contribution in [1.29, 1.82) is 0 Å². The molecule has 0 radical (unpaired) electrons. The molecule has 55 heavy (non-hydrogen) atoms. The second-order valence-corrected chi connectivity index (χ2v) is 18.6. The van der Waals surface area contributed by atoms with Gasteiger partial charge in [-0.1, -0.05) is 19.7 Å². The number of carbonyl (C=O) groups is 4. The van der Waals surface area contributed by atoms with E-state index in [-0.39, 0.29) is 34.3 Å². The Balaban J connectivity index is 0.000000136. The molecule has 12 bridgehead atoms. The van der Waals surface area contributed by atoms with Gasteiger partial charge >= 0.3 is 23.9 Å². The number of rotatable bonds is 11. The predicted molar refractivity (Wildman–Crippen MR) is 203 cm³/mol. The zero-order chi connectivity index (χ0) is 39.7. The molecule has 11 nitrogen and oxygen atoms in total. The molecule has 3 N–H and O–H groups in total. The Hall–Kier alpha value is -3.02. The molecule has 1 heterocycles. The molecule has 11 rings (SSSR count). The van der Waals surface area contributed by atoms with Crippen LogP contribution in [0.15, 0.2) is 37.0 Å². The lowest BCUT2D eigenvalue weighted by molar-refractivity contribution is -0.208. The van der Waals surface area contributed by atoms with Crippen LogP contribution < -0.4 is 0 Å². The molecule has 0 aromatic rings. The smallest absolute Gasteiger partial charge is 0.339 e. The first-order valence-electron chi connectivity index (χ1n) is 20.9. The summed E-state index contributed by atoms with van der Waals surface area (Å²) in [6, 6.07) is 0. The van der Waals surface area contributed by atoms with E-state index in [1.165, 1.54) is 77.2 Å². The van der Waals surface area contributed by atoms with Gasteiger partial charge < -0.3 is 34.3 Å². The SMILES string of the molecule is C=C(C(=O)OC12CC3CC(CC(C3)C1)C2)C(O)O.C=C(C)C(=O)O.C=CC(=O)OC1(CCCCOC)C2CC3CC(C2)CC1C3.O=C1OC2C3CCC2C1C3. The van der Waals surface area contributed by atoms with Crippen LogP contribution in [0.2, 0.25) is 0 Å². The number of esters is 3. The highest BCUT2D eigenvalue weighted by molar-refractivity contribution is 5.88. The first kappa shape index (κ1) is 41.6. The Morgan fingerprint density at radius 3 is 1.84 bits per heavy atom. The summed E-state index contributed by atoms with van der Waals surface area (Å²) in [4.78, 5) is 44.4. The zero-order valence-electron chi connectivity index (χ0n) is 33.0. The second kappa shape index (κ2) is 17.2. The Kier molecular flexibility index (Phi) is 13.0. The van der Waals surface area contributed by atoms with E-state index < -0.39 is 18.2 Å². The molecule has 11 heteroatoms. The minimum atomic E-state index is -1.81. The fourth-order valence-electron chi connectivity index (χ4n) is 13.0. The molecule has 0 amide bonds. The first-order chi connectivity index (χ1) is 26.2. The highest BCUT2D eigenvalue weighted by atomic mass is 16.6. The van der Waals surface area contributed by atoms with Crippen molar-refractivity contribution < 1.29 is 53.4 Å². The summed E-state index contributed by atoms with van der Waals surface area (Å²) in [6.07, 6.45) is 19.8. The average Bonchev–Trinajstić information content (AvgIpc) is 3.78. The van der Waals surface area contributed by atoms with Gasteiger partial charge in [0, 0.05) is 31.3 Å². The summed E-state index contributed by atoms with van der Waals surface area (Å²) in [5.41, 5.74) is -0.628. The maximum Gasteiger partial charge on any atom is 0.339 e. The third-order valence-corrected chi connectivity index (χ3v) is 14.8. The van der Waals surface area contributed by atoms with Crippen molar-refractivity contribution in [3.8, 4) is 0 Å². The van der Waals surface area contributed by atoms with Crippen molar-refractivity contribution in [2.45, 2.75) is 140 Å². The van der Waals surface area contributed by atoms with Crippen molar-refractivity contribution >= 4 is 23.9 Å².